The minimum absolute atomic E-state index is 0.0532. The number of carboxylic acid groups (broad SMARTS) is 1. The number of carboxylic acids is 1. The minimum Gasteiger partial charge on any atom is -0.480 e. The number of carbonyl (C=O) groups is 5. The summed E-state index contributed by atoms with van der Waals surface area (Å²) in [4.78, 5) is 62.6. The van der Waals surface area contributed by atoms with E-state index in [4.69, 9.17) is 17.2 Å². The van der Waals surface area contributed by atoms with Crippen molar-refractivity contribution in [3.63, 3.8) is 0 Å². The number of rotatable bonds is 16. The van der Waals surface area contributed by atoms with Crippen LogP contribution in [0.5, 0.6) is 0 Å². The Kier molecular flexibility index (Phi) is 13.5. The van der Waals surface area contributed by atoms with Gasteiger partial charge in [-0.05, 0) is 63.5 Å². The van der Waals surface area contributed by atoms with E-state index in [2.05, 4.69) is 10.6 Å². The molecular formula is C21H38N6O6S. The monoisotopic (exact) mass is 502 g/mol. The van der Waals surface area contributed by atoms with Crippen molar-refractivity contribution in [1.82, 2.24) is 15.5 Å². The Morgan fingerprint density at radius 1 is 1.09 bits per heavy atom. The second-order valence-electron chi connectivity index (χ2n) is 8.33. The Morgan fingerprint density at radius 2 is 1.79 bits per heavy atom. The molecule has 0 aromatic heterocycles. The first-order valence-corrected chi connectivity index (χ1v) is 12.9. The van der Waals surface area contributed by atoms with Gasteiger partial charge in [0.1, 0.15) is 18.1 Å². The van der Waals surface area contributed by atoms with E-state index in [1.54, 1.807) is 0 Å². The highest BCUT2D eigenvalue weighted by molar-refractivity contribution is 7.98. The van der Waals surface area contributed by atoms with Crippen LogP contribution in [-0.4, -0.2) is 88.9 Å². The van der Waals surface area contributed by atoms with Crippen LogP contribution in [0.3, 0.4) is 0 Å². The molecule has 4 atom stereocenters. The van der Waals surface area contributed by atoms with Gasteiger partial charge < -0.3 is 37.8 Å². The predicted octanol–water partition coefficient (Wildman–Crippen LogP) is -1.49. The van der Waals surface area contributed by atoms with Crippen molar-refractivity contribution in [2.45, 2.75) is 75.5 Å². The average Bonchev–Trinajstić information content (AvgIpc) is 3.28. The lowest BCUT2D eigenvalue weighted by molar-refractivity contribution is -0.145. The van der Waals surface area contributed by atoms with Gasteiger partial charge in [0, 0.05) is 13.0 Å². The number of nitrogens with zero attached hydrogens (tertiary/aromatic N) is 1. The van der Waals surface area contributed by atoms with Crippen LogP contribution in [0.25, 0.3) is 0 Å². The van der Waals surface area contributed by atoms with Gasteiger partial charge in [0.05, 0.1) is 6.04 Å². The molecule has 0 radical (unpaired) electrons. The Hall–Kier alpha value is -2.38. The highest BCUT2D eigenvalue weighted by atomic mass is 32.2. The minimum atomic E-state index is -1.14. The van der Waals surface area contributed by atoms with Crippen LogP contribution in [0.2, 0.25) is 0 Å². The standard InChI is InChI=1S/C21H38N6O6S/c1-34-12-9-14(25-18(29)13(23)7-8-17(24)28)20(31)27-11-4-6-16(27)19(30)26-15(21(32)33)5-2-3-10-22/h13-16H,2-12,22-23H2,1H3,(H2,24,28)(H,25,29)(H,26,30)(H,32,33). The van der Waals surface area contributed by atoms with Crippen molar-refractivity contribution < 1.29 is 29.1 Å². The van der Waals surface area contributed by atoms with Crippen molar-refractivity contribution in [2.24, 2.45) is 17.2 Å². The second kappa shape index (κ2) is 15.5. The summed E-state index contributed by atoms with van der Waals surface area (Å²) in [5, 5.41) is 14.6. The molecule has 4 amide bonds. The van der Waals surface area contributed by atoms with E-state index < -0.39 is 53.8 Å². The molecule has 0 aliphatic carbocycles. The number of amides is 4. The molecule has 1 saturated heterocycles. The molecule has 1 aliphatic heterocycles. The fourth-order valence-corrected chi connectivity index (χ4v) is 4.19. The zero-order valence-electron chi connectivity index (χ0n) is 19.7. The number of carbonyl (C=O) groups excluding carboxylic acids is 4. The maximum atomic E-state index is 13.3. The summed E-state index contributed by atoms with van der Waals surface area (Å²) < 4.78 is 0. The van der Waals surface area contributed by atoms with E-state index in [0.717, 1.165) is 0 Å². The lowest BCUT2D eigenvalue weighted by atomic mass is 10.1. The van der Waals surface area contributed by atoms with Crippen LogP contribution < -0.4 is 27.8 Å². The van der Waals surface area contributed by atoms with E-state index in [1.165, 1.54) is 16.7 Å². The molecule has 0 saturated carbocycles. The number of unbranched alkanes of at least 4 members (excludes halogenated alkanes) is 1. The number of aliphatic carboxylic acids is 1. The number of nitrogens with one attached hydrogen (secondary N) is 2. The fraction of sp³-hybridized carbons (Fsp3) is 0.762. The van der Waals surface area contributed by atoms with E-state index in [-0.39, 0.29) is 19.3 Å². The van der Waals surface area contributed by atoms with Gasteiger partial charge in [-0.2, -0.15) is 11.8 Å². The first-order chi connectivity index (χ1) is 16.1. The first kappa shape index (κ1) is 29.7. The topological polar surface area (TPSA) is 211 Å². The van der Waals surface area contributed by atoms with Gasteiger partial charge in [-0.1, -0.05) is 0 Å². The Morgan fingerprint density at radius 3 is 2.38 bits per heavy atom. The lowest BCUT2D eigenvalue weighted by Gasteiger charge is -2.30. The molecule has 9 N–H and O–H groups in total. The summed E-state index contributed by atoms with van der Waals surface area (Å²) >= 11 is 1.50. The lowest BCUT2D eigenvalue weighted by Crippen LogP contribution is -2.57. The van der Waals surface area contributed by atoms with E-state index in [1.807, 2.05) is 6.26 Å². The maximum absolute atomic E-state index is 13.3. The number of hydrogen-bond donors (Lipinski definition) is 6. The normalized spacial score (nSPS) is 18.1. The number of primary amides is 1. The van der Waals surface area contributed by atoms with Crippen molar-refractivity contribution in [1.29, 1.82) is 0 Å². The number of hydrogen-bond acceptors (Lipinski definition) is 8. The van der Waals surface area contributed by atoms with Crippen LogP contribution in [0, 0.1) is 0 Å². The number of likely N-dealkylation sites (tertiary alicyclic amines) is 1. The average molecular weight is 503 g/mol. The summed E-state index contributed by atoms with van der Waals surface area (Å²) in [6.45, 7) is 0.752. The molecule has 12 nitrogen and oxygen atoms in total. The molecule has 34 heavy (non-hydrogen) atoms. The van der Waals surface area contributed by atoms with Gasteiger partial charge in [0.2, 0.25) is 23.6 Å². The molecule has 1 fully saturated rings. The molecule has 1 rings (SSSR count). The maximum Gasteiger partial charge on any atom is 0.326 e. The summed E-state index contributed by atoms with van der Waals surface area (Å²) in [5.74, 6) is -2.66. The molecule has 0 aromatic carbocycles. The summed E-state index contributed by atoms with van der Waals surface area (Å²) in [6, 6.07) is -3.78. The van der Waals surface area contributed by atoms with Crippen LogP contribution in [-0.2, 0) is 24.0 Å². The molecule has 4 unspecified atom stereocenters. The highest BCUT2D eigenvalue weighted by Crippen LogP contribution is 2.20. The van der Waals surface area contributed by atoms with Crippen molar-refractivity contribution in [2.75, 3.05) is 25.1 Å². The molecule has 1 aliphatic rings. The van der Waals surface area contributed by atoms with Gasteiger partial charge in [0.15, 0.2) is 0 Å². The SMILES string of the molecule is CSCCC(NC(=O)C(N)CCC(N)=O)C(=O)N1CCCC1C(=O)NC(CCCCN)C(=O)O. The van der Waals surface area contributed by atoms with Crippen LogP contribution in [0.1, 0.15) is 51.4 Å². The third kappa shape index (κ3) is 9.85. The predicted molar refractivity (Wildman–Crippen MR) is 129 cm³/mol. The van der Waals surface area contributed by atoms with Gasteiger partial charge in [-0.15, -0.1) is 0 Å². The highest BCUT2D eigenvalue weighted by Gasteiger charge is 2.38. The Bertz CT molecular complexity index is 724. The van der Waals surface area contributed by atoms with E-state index in [0.29, 0.717) is 50.9 Å². The first-order valence-electron chi connectivity index (χ1n) is 11.5. The fourth-order valence-electron chi connectivity index (χ4n) is 3.72. The van der Waals surface area contributed by atoms with Crippen molar-refractivity contribution >= 4 is 41.4 Å². The van der Waals surface area contributed by atoms with Crippen molar-refractivity contribution in [3.05, 3.63) is 0 Å². The quantitative estimate of drug-likeness (QED) is 0.135. The summed E-state index contributed by atoms with van der Waals surface area (Å²) in [7, 11) is 0. The van der Waals surface area contributed by atoms with Crippen molar-refractivity contribution in [3.8, 4) is 0 Å². The third-order valence-electron chi connectivity index (χ3n) is 5.66. The zero-order chi connectivity index (χ0) is 25.7. The summed E-state index contributed by atoms with van der Waals surface area (Å²) in [5.41, 5.74) is 16.4. The Balaban J connectivity index is 2.86. The molecule has 1 heterocycles. The second-order valence-corrected chi connectivity index (χ2v) is 9.31. The van der Waals surface area contributed by atoms with E-state index >= 15 is 0 Å². The van der Waals surface area contributed by atoms with Crippen LogP contribution in [0.4, 0.5) is 0 Å². The van der Waals surface area contributed by atoms with Crippen LogP contribution in [0.15, 0.2) is 0 Å². The molecule has 0 bridgehead atoms. The summed E-state index contributed by atoms with van der Waals surface area (Å²) in [6.07, 6.45) is 4.62. The van der Waals surface area contributed by atoms with Crippen LogP contribution >= 0.6 is 11.8 Å². The van der Waals surface area contributed by atoms with Gasteiger partial charge in [0.25, 0.3) is 0 Å². The molecule has 0 spiro atoms. The van der Waals surface area contributed by atoms with Gasteiger partial charge >= 0.3 is 5.97 Å². The number of thioether (sulfide) groups is 1. The van der Waals surface area contributed by atoms with E-state index in [9.17, 15) is 29.1 Å². The molecule has 13 heteroatoms. The smallest absolute Gasteiger partial charge is 0.326 e. The Labute approximate surface area is 204 Å². The molecular weight excluding hydrogens is 464 g/mol. The van der Waals surface area contributed by atoms with Gasteiger partial charge in [-0.25, -0.2) is 4.79 Å². The largest absolute Gasteiger partial charge is 0.480 e. The third-order valence-corrected chi connectivity index (χ3v) is 6.31. The number of nitrogens with two attached hydrogens (primary N) is 3. The molecule has 0 aromatic rings. The van der Waals surface area contributed by atoms with Gasteiger partial charge in [-0.3, -0.25) is 19.2 Å². The molecule has 194 valence electrons. The zero-order valence-corrected chi connectivity index (χ0v) is 20.5.